The Kier molecular flexibility index (Phi) is 9.63. The van der Waals surface area contributed by atoms with E-state index in [0.717, 1.165) is 6.42 Å². The smallest absolute Gasteiger partial charge is 0.414 e. The van der Waals surface area contributed by atoms with E-state index in [1.807, 2.05) is 32.6 Å². The van der Waals surface area contributed by atoms with E-state index in [2.05, 4.69) is 10.3 Å². The quantitative estimate of drug-likeness (QED) is 0.346. The Hall–Kier alpha value is -4.88. The number of piperazine rings is 1. The van der Waals surface area contributed by atoms with Gasteiger partial charge in [-0.3, -0.25) is 18.9 Å². The van der Waals surface area contributed by atoms with E-state index in [9.17, 15) is 23.6 Å². The molecule has 2 saturated heterocycles. The number of carbonyl (C=O) groups excluding carboxylic acids is 3. The first kappa shape index (κ1) is 32.5. The molecule has 0 spiro atoms. The fourth-order valence-corrected chi connectivity index (χ4v) is 5.12. The van der Waals surface area contributed by atoms with E-state index >= 15 is 0 Å². The first-order valence-corrected chi connectivity index (χ1v) is 15.4. The molecule has 3 aromatic rings. The molecule has 14 heteroatoms. The Labute approximate surface area is 265 Å². The monoisotopic (exact) mass is 638 g/mol. The molecular weight excluding hydrogens is 599 g/mol. The van der Waals surface area contributed by atoms with Gasteiger partial charge in [-0.25, -0.2) is 19.0 Å². The Morgan fingerprint density at radius 1 is 1.07 bits per heavy atom. The molecule has 2 aliphatic heterocycles. The van der Waals surface area contributed by atoms with Gasteiger partial charge in [0.05, 0.1) is 24.5 Å². The minimum Gasteiger partial charge on any atom is -0.486 e. The first-order chi connectivity index (χ1) is 21.9. The van der Waals surface area contributed by atoms with E-state index in [4.69, 9.17) is 14.2 Å². The first-order valence-electron chi connectivity index (χ1n) is 15.4. The van der Waals surface area contributed by atoms with Crippen molar-refractivity contribution in [1.29, 1.82) is 0 Å². The summed E-state index contributed by atoms with van der Waals surface area (Å²) in [7, 11) is 0. The van der Waals surface area contributed by atoms with Crippen LogP contribution >= 0.6 is 0 Å². The van der Waals surface area contributed by atoms with E-state index in [1.54, 1.807) is 29.3 Å². The SMILES string of the molecule is CCCCOc1c(C(=O)NCc2ccc(F)cc2)nc2c(N3CCOC3=O)cc(N3CCN(C(=O)OC(C)(C)C)CC3)cn2c1=O. The largest absolute Gasteiger partial charge is 0.486 e. The summed E-state index contributed by atoms with van der Waals surface area (Å²) < 4.78 is 31.2. The van der Waals surface area contributed by atoms with Crippen molar-refractivity contribution in [3.05, 3.63) is 64.0 Å². The van der Waals surface area contributed by atoms with Gasteiger partial charge in [-0.1, -0.05) is 25.5 Å². The number of unbranched alkanes of at least 4 members (excludes halogenated alkanes) is 1. The molecule has 246 valence electrons. The number of carbonyl (C=O) groups is 3. The molecule has 0 saturated carbocycles. The van der Waals surface area contributed by atoms with Crippen molar-refractivity contribution in [2.45, 2.75) is 52.7 Å². The van der Waals surface area contributed by atoms with Crippen LogP contribution in [-0.2, 0) is 16.0 Å². The molecule has 4 heterocycles. The summed E-state index contributed by atoms with van der Waals surface area (Å²) in [6.45, 7) is 9.71. The summed E-state index contributed by atoms with van der Waals surface area (Å²) in [6, 6.07) is 7.40. The van der Waals surface area contributed by atoms with E-state index in [-0.39, 0.29) is 43.4 Å². The molecule has 0 bridgehead atoms. The summed E-state index contributed by atoms with van der Waals surface area (Å²) in [5.41, 5.74) is 0.176. The number of pyridine rings is 1. The molecule has 2 aromatic heterocycles. The standard InChI is InChI=1S/C32H39FN6O7/c1-5-6-16-44-26-25(28(40)34-19-21-7-9-22(33)10-8-21)35-27-24(38-15-17-45-31(38)43)18-23(20-39(27)29(26)41)36-11-13-37(14-12-36)30(42)46-32(2,3)4/h7-10,18,20H,5-6,11-17,19H2,1-4H3,(H,34,40). The third kappa shape index (κ3) is 7.32. The number of rotatable bonds is 9. The fourth-order valence-electron chi connectivity index (χ4n) is 5.12. The summed E-state index contributed by atoms with van der Waals surface area (Å²) >= 11 is 0. The van der Waals surface area contributed by atoms with Crippen molar-refractivity contribution < 1.29 is 33.0 Å². The maximum absolute atomic E-state index is 14.1. The van der Waals surface area contributed by atoms with Crippen molar-refractivity contribution in [3.63, 3.8) is 0 Å². The van der Waals surface area contributed by atoms with E-state index in [0.29, 0.717) is 49.5 Å². The van der Waals surface area contributed by atoms with Gasteiger partial charge in [-0.2, -0.15) is 0 Å². The predicted octanol–water partition coefficient (Wildman–Crippen LogP) is 3.96. The molecule has 2 fully saturated rings. The molecule has 0 atom stereocenters. The second-order valence-corrected chi connectivity index (χ2v) is 12.1. The Morgan fingerprint density at radius 3 is 2.41 bits per heavy atom. The Bertz CT molecular complexity index is 1660. The molecular formula is C32H39FN6O7. The van der Waals surface area contributed by atoms with Crippen molar-refractivity contribution in [2.24, 2.45) is 0 Å². The summed E-state index contributed by atoms with van der Waals surface area (Å²) in [4.78, 5) is 62.5. The lowest BCUT2D eigenvalue weighted by Crippen LogP contribution is -2.50. The van der Waals surface area contributed by atoms with Crippen LogP contribution < -0.4 is 25.4 Å². The predicted molar refractivity (Wildman–Crippen MR) is 168 cm³/mol. The number of ether oxygens (including phenoxy) is 3. The molecule has 0 radical (unpaired) electrons. The van der Waals surface area contributed by atoms with Crippen LogP contribution in [0.1, 0.15) is 56.6 Å². The molecule has 3 amide bonds. The van der Waals surface area contributed by atoms with Gasteiger partial charge < -0.3 is 29.3 Å². The van der Waals surface area contributed by atoms with Gasteiger partial charge in [0.1, 0.15) is 18.0 Å². The number of benzene rings is 1. The van der Waals surface area contributed by atoms with Gasteiger partial charge in [0.2, 0.25) is 5.75 Å². The van der Waals surface area contributed by atoms with Crippen LogP contribution in [0.4, 0.5) is 25.4 Å². The van der Waals surface area contributed by atoms with Crippen molar-refractivity contribution in [1.82, 2.24) is 19.6 Å². The number of amides is 3. The maximum Gasteiger partial charge on any atom is 0.414 e. The van der Waals surface area contributed by atoms with Crippen molar-refractivity contribution in [3.8, 4) is 5.75 Å². The van der Waals surface area contributed by atoms with Gasteiger partial charge in [0.15, 0.2) is 11.3 Å². The lowest BCUT2D eigenvalue weighted by atomic mass is 10.2. The number of hydrogen-bond donors (Lipinski definition) is 1. The average Bonchev–Trinajstić information content (AvgIpc) is 3.46. The molecule has 2 aliphatic rings. The summed E-state index contributed by atoms with van der Waals surface area (Å²) in [5, 5.41) is 2.74. The number of halogens is 1. The number of cyclic esters (lactones) is 1. The number of nitrogens with one attached hydrogen (secondary N) is 1. The minimum atomic E-state index is -0.660. The molecule has 0 unspecified atom stereocenters. The zero-order valence-corrected chi connectivity index (χ0v) is 26.5. The van der Waals surface area contributed by atoms with Crippen LogP contribution in [0.3, 0.4) is 0 Å². The lowest BCUT2D eigenvalue weighted by Gasteiger charge is -2.37. The molecule has 5 rings (SSSR count). The van der Waals surface area contributed by atoms with Crippen molar-refractivity contribution >= 4 is 35.1 Å². The van der Waals surface area contributed by atoms with E-state index in [1.165, 1.54) is 21.4 Å². The maximum atomic E-state index is 14.1. The summed E-state index contributed by atoms with van der Waals surface area (Å²) in [5.74, 6) is -1.28. The molecule has 46 heavy (non-hydrogen) atoms. The van der Waals surface area contributed by atoms with Crippen LogP contribution in [0.2, 0.25) is 0 Å². The van der Waals surface area contributed by atoms with Gasteiger partial charge in [-0.05, 0) is 51.0 Å². The lowest BCUT2D eigenvalue weighted by molar-refractivity contribution is 0.0240. The highest BCUT2D eigenvalue weighted by atomic mass is 19.1. The minimum absolute atomic E-state index is 0.0636. The Balaban J connectivity index is 1.52. The highest BCUT2D eigenvalue weighted by Crippen LogP contribution is 2.30. The van der Waals surface area contributed by atoms with Crippen LogP contribution in [0, 0.1) is 5.82 Å². The second kappa shape index (κ2) is 13.6. The number of anilines is 2. The van der Waals surface area contributed by atoms with Gasteiger partial charge >= 0.3 is 17.7 Å². The molecule has 0 aliphatic carbocycles. The van der Waals surface area contributed by atoms with Crippen LogP contribution in [0.25, 0.3) is 5.65 Å². The highest BCUT2D eigenvalue weighted by molar-refractivity contribution is 5.98. The zero-order valence-electron chi connectivity index (χ0n) is 26.5. The van der Waals surface area contributed by atoms with Gasteiger partial charge in [0, 0.05) is 38.9 Å². The third-order valence-electron chi connectivity index (χ3n) is 7.52. The molecule has 1 N–H and O–H groups in total. The van der Waals surface area contributed by atoms with Crippen LogP contribution in [-0.4, -0.2) is 83.9 Å². The highest BCUT2D eigenvalue weighted by Gasteiger charge is 2.31. The van der Waals surface area contributed by atoms with Gasteiger partial charge in [-0.15, -0.1) is 0 Å². The Morgan fingerprint density at radius 2 is 1.78 bits per heavy atom. The van der Waals surface area contributed by atoms with Crippen LogP contribution in [0.5, 0.6) is 5.75 Å². The number of fused-ring (bicyclic) bond motifs is 1. The summed E-state index contributed by atoms with van der Waals surface area (Å²) in [6.07, 6.45) is 2.05. The molecule has 1 aromatic carbocycles. The fraction of sp³-hybridized carbons (Fsp3) is 0.469. The third-order valence-corrected chi connectivity index (χ3v) is 7.52. The topological polar surface area (TPSA) is 135 Å². The van der Waals surface area contributed by atoms with Crippen molar-refractivity contribution in [2.75, 3.05) is 55.7 Å². The van der Waals surface area contributed by atoms with Gasteiger partial charge in [0.25, 0.3) is 5.91 Å². The number of aromatic nitrogens is 2. The van der Waals surface area contributed by atoms with E-state index < -0.39 is 35.1 Å². The second-order valence-electron chi connectivity index (χ2n) is 12.1. The van der Waals surface area contributed by atoms with Crippen LogP contribution in [0.15, 0.2) is 41.3 Å². The normalized spacial score (nSPS) is 15.2. The molecule has 13 nitrogen and oxygen atoms in total. The number of nitrogens with zero attached hydrogens (tertiary/aromatic N) is 5. The number of hydrogen-bond acceptors (Lipinski definition) is 9. The average molecular weight is 639 g/mol. The zero-order chi connectivity index (χ0) is 33.0.